The Morgan fingerprint density at radius 3 is 2.82 bits per heavy atom. The number of nitrogens with zero attached hydrogens (tertiary/aromatic N) is 5. The number of hydrogen-bond donors (Lipinski definition) is 1. The van der Waals surface area contributed by atoms with Crippen molar-refractivity contribution >= 4 is 5.82 Å². The Kier molecular flexibility index (Phi) is 4.11. The molecule has 1 fully saturated rings. The standard InChI is InChI=1S/C16H24N6/c1-11-13(9-18-21(11)4)10-22-7-5-6-15(22)14-8-16(17-3)20-12(2)19-14/h8-9,15H,5-7,10H2,1-4H3,(H,17,19,20)/t15-/m1/s1. The Bertz CT molecular complexity index is 663. The zero-order valence-electron chi connectivity index (χ0n) is 13.8. The summed E-state index contributed by atoms with van der Waals surface area (Å²) < 4.78 is 1.94. The molecule has 6 heteroatoms. The summed E-state index contributed by atoms with van der Waals surface area (Å²) in [6.45, 7) is 6.12. The van der Waals surface area contributed by atoms with Gasteiger partial charge >= 0.3 is 0 Å². The first kappa shape index (κ1) is 15.0. The predicted octanol–water partition coefficient (Wildman–Crippen LogP) is 2.21. The summed E-state index contributed by atoms with van der Waals surface area (Å²) in [6, 6.07) is 2.44. The van der Waals surface area contributed by atoms with Crippen LogP contribution in [0, 0.1) is 13.8 Å². The van der Waals surface area contributed by atoms with Gasteiger partial charge in [0.15, 0.2) is 0 Å². The quantitative estimate of drug-likeness (QED) is 0.938. The fourth-order valence-corrected chi connectivity index (χ4v) is 3.16. The van der Waals surface area contributed by atoms with Gasteiger partial charge in [0.1, 0.15) is 11.6 Å². The van der Waals surface area contributed by atoms with Crippen LogP contribution in [0.5, 0.6) is 0 Å². The lowest BCUT2D eigenvalue weighted by Crippen LogP contribution is -2.24. The Labute approximate surface area is 131 Å². The topological polar surface area (TPSA) is 58.9 Å². The monoisotopic (exact) mass is 300 g/mol. The van der Waals surface area contributed by atoms with E-state index in [2.05, 4.69) is 38.3 Å². The first-order valence-electron chi connectivity index (χ1n) is 7.83. The predicted molar refractivity (Wildman–Crippen MR) is 86.6 cm³/mol. The van der Waals surface area contributed by atoms with Crippen LogP contribution in [-0.2, 0) is 13.6 Å². The van der Waals surface area contributed by atoms with E-state index in [1.165, 1.54) is 17.7 Å². The zero-order valence-corrected chi connectivity index (χ0v) is 13.8. The SMILES string of the molecule is CNc1cc([C@H]2CCCN2Cc2cnn(C)c2C)nc(C)n1. The highest BCUT2D eigenvalue weighted by molar-refractivity contribution is 5.36. The van der Waals surface area contributed by atoms with Gasteiger partial charge in [-0.1, -0.05) is 0 Å². The average molecular weight is 300 g/mol. The minimum atomic E-state index is 0.369. The highest BCUT2D eigenvalue weighted by Gasteiger charge is 2.28. The molecule has 2 aromatic heterocycles. The Balaban J connectivity index is 1.84. The minimum absolute atomic E-state index is 0.369. The molecule has 118 valence electrons. The molecule has 22 heavy (non-hydrogen) atoms. The van der Waals surface area contributed by atoms with Crippen molar-refractivity contribution in [2.24, 2.45) is 7.05 Å². The molecule has 0 spiro atoms. The molecule has 1 aliphatic heterocycles. The molecule has 1 atom stereocenters. The van der Waals surface area contributed by atoms with Crippen molar-refractivity contribution in [3.05, 3.63) is 35.0 Å². The fraction of sp³-hybridized carbons (Fsp3) is 0.562. The van der Waals surface area contributed by atoms with Crippen molar-refractivity contribution in [1.29, 1.82) is 0 Å². The number of likely N-dealkylation sites (tertiary alicyclic amines) is 1. The van der Waals surface area contributed by atoms with E-state index in [4.69, 9.17) is 0 Å². The summed E-state index contributed by atoms with van der Waals surface area (Å²) in [4.78, 5) is 11.6. The zero-order chi connectivity index (χ0) is 15.7. The maximum absolute atomic E-state index is 4.67. The van der Waals surface area contributed by atoms with Crippen LogP contribution >= 0.6 is 0 Å². The molecule has 3 heterocycles. The van der Waals surface area contributed by atoms with Crippen LogP contribution in [0.15, 0.2) is 12.3 Å². The van der Waals surface area contributed by atoms with Crippen LogP contribution in [0.2, 0.25) is 0 Å². The van der Waals surface area contributed by atoms with Gasteiger partial charge in [0.05, 0.1) is 17.9 Å². The van der Waals surface area contributed by atoms with Crippen LogP contribution < -0.4 is 5.32 Å². The van der Waals surface area contributed by atoms with Crippen molar-refractivity contribution < 1.29 is 0 Å². The maximum Gasteiger partial charge on any atom is 0.129 e. The van der Waals surface area contributed by atoms with Gasteiger partial charge in [-0.25, -0.2) is 9.97 Å². The van der Waals surface area contributed by atoms with E-state index in [1.807, 2.05) is 31.9 Å². The van der Waals surface area contributed by atoms with Crippen LogP contribution in [0.4, 0.5) is 5.82 Å². The van der Waals surface area contributed by atoms with Crippen molar-refractivity contribution in [3.63, 3.8) is 0 Å². The summed E-state index contributed by atoms with van der Waals surface area (Å²) in [5.41, 5.74) is 3.66. The second-order valence-corrected chi connectivity index (χ2v) is 5.98. The Morgan fingerprint density at radius 1 is 1.32 bits per heavy atom. The fourth-order valence-electron chi connectivity index (χ4n) is 3.16. The Morgan fingerprint density at radius 2 is 2.14 bits per heavy atom. The Hall–Kier alpha value is -1.95. The third-order valence-electron chi connectivity index (χ3n) is 4.53. The van der Waals surface area contributed by atoms with E-state index >= 15 is 0 Å². The van der Waals surface area contributed by atoms with Crippen molar-refractivity contribution in [2.75, 3.05) is 18.9 Å². The van der Waals surface area contributed by atoms with Gasteiger partial charge in [-0.15, -0.1) is 0 Å². The molecule has 0 unspecified atom stereocenters. The lowest BCUT2D eigenvalue weighted by molar-refractivity contribution is 0.243. The van der Waals surface area contributed by atoms with Gasteiger partial charge in [0.2, 0.25) is 0 Å². The second kappa shape index (κ2) is 6.04. The minimum Gasteiger partial charge on any atom is -0.373 e. The van der Waals surface area contributed by atoms with E-state index in [9.17, 15) is 0 Å². The third-order valence-corrected chi connectivity index (χ3v) is 4.53. The molecule has 2 aromatic rings. The van der Waals surface area contributed by atoms with E-state index < -0.39 is 0 Å². The molecule has 0 saturated carbocycles. The highest BCUT2D eigenvalue weighted by Crippen LogP contribution is 2.33. The summed E-state index contributed by atoms with van der Waals surface area (Å²) in [5.74, 6) is 1.72. The van der Waals surface area contributed by atoms with Crippen molar-refractivity contribution in [3.8, 4) is 0 Å². The molecule has 1 saturated heterocycles. The van der Waals surface area contributed by atoms with E-state index in [-0.39, 0.29) is 0 Å². The molecule has 0 radical (unpaired) electrons. The van der Waals surface area contributed by atoms with Gasteiger partial charge in [0.25, 0.3) is 0 Å². The smallest absolute Gasteiger partial charge is 0.129 e. The average Bonchev–Trinajstić information content (AvgIpc) is 3.09. The molecule has 0 aromatic carbocycles. The van der Waals surface area contributed by atoms with Crippen LogP contribution in [0.25, 0.3) is 0 Å². The van der Waals surface area contributed by atoms with Gasteiger partial charge in [-0.05, 0) is 33.2 Å². The van der Waals surface area contributed by atoms with Gasteiger partial charge in [-0.2, -0.15) is 5.10 Å². The lowest BCUT2D eigenvalue weighted by atomic mass is 10.1. The van der Waals surface area contributed by atoms with E-state index in [0.717, 1.165) is 36.8 Å². The first-order valence-corrected chi connectivity index (χ1v) is 7.83. The third kappa shape index (κ3) is 2.83. The molecule has 0 amide bonds. The number of aromatic nitrogens is 4. The molecule has 0 aliphatic carbocycles. The normalized spacial score (nSPS) is 18.8. The second-order valence-electron chi connectivity index (χ2n) is 5.98. The molecule has 3 rings (SSSR count). The van der Waals surface area contributed by atoms with Gasteiger partial charge in [0, 0.05) is 38.0 Å². The first-order chi connectivity index (χ1) is 10.6. The lowest BCUT2D eigenvalue weighted by Gasteiger charge is -2.24. The molecular weight excluding hydrogens is 276 g/mol. The number of hydrogen-bond acceptors (Lipinski definition) is 5. The van der Waals surface area contributed by atoms with Crippen molar-refractivity contribution in [2.45, 2.75) is 39.3 Å². The van der Waals surface area contributed by atoms with Gasteiger partial charge < -0.3 is 5.32 Å². The molecule has 6 nitrogen and oxygen atoms in total. The summed E-state index contributed by atoms with van der Waals surface area (Å²) in [7, 11) is 3.89. The molecule has 0 bridgehead atoms. The maximum atomic E-state index is 4.67. The summed E-state index contributed by atoms with van der Waals surface area (Å²) in [6.07, 6.45) is 4.34. The number of rotatable bonds is 4. The van der Waals surface area contributed by atoms with E-state index in [0.29, 0.717) is 6.04 Å². The summed E-state index contributed by atoms with van der Waals surface area (Å²) >= 11 is 0. The summed E-state index contributed by atoms with van der Waals surface area (Å²) in [5, 5.41) is 7.48. The van der Waals surface area contributed by atoms with Crippen molar-refractivity contribution in [1.82, 2.24) is 24.6 Å². The van der Waals surface area contributed by atoms with Crippen LogP contribution in [0.1, 0.15) is 41.7 Å². The van der Waals surface area contributed by atoms with Gasteiger partial charge in [-0.3, -0.25) is 9.58 Å². The number of anilines is 1. The van der Waals surface area contributed by atoms with E-state index in [1.54, 1.807) is 0 Å². The molecule has 1 N–H and O–H groups in total. The van der Waals surface area contributed by atoms with Crippen LogP contribution in [0.3, 0.4) is 0 Å². The molecule has 1 aliphatic rings. The largest absolute Gasteiger partial charge is 0.373 e. The number of nitrogens with one attached hydrogen (secondary N) is 1. The number of aryl methyl sites for hydroxylation is 2. The van der Waals surface area contributed by atoms with Crippen LogP contribution in [-0.4, -0.2) is 38.2 Å². The molecular formula is C16H24N6. The highest BCUT2D eigenvalue weighted by atomic mass is 15.3.